The van der Waals surface area contributed by atoms with Gasteiger partial charge in [0, 0.05) is 30.0 Å². The van der Waals surface area contributed by atoms with Crippen LogP contribution in [0.15, 0.2) is 48.5 Å². The average Bonchev–Trinajstić information content (AvgIpc) is 2.49. The highest BCUT2D eigenvalue weighted by molar-refractivity contribution is 5.79. The molecule has 2 N–H and O–H groups in total. The van der Waals surface area contributed by atoms with Crippen molar-refractivity contribution in [3.8, 4) is 11.1 Å². The summed E-state index contributed by atoms with van der Waals surface area (Å²) < 4.78 is 0. The van der Waals surface area contributed by atoms with E-state index in [2.05, 4.69) is 41.3 Å². The number of nitrogens with zero attached hydrogens (tertiary/aromatic N) is 1. The number of hydrogen-bond acceptors (Lipinski definition) is 2. The Labute approximate surface area is 114 Å². The molecular formula is C17H20N2. The molecule has 98 valence electrons. The SMILES string of the molecule is Nc1ccc(N2CCCCC2)cc1-c1ccccc1. The first kappa shape index (κ1) is 12.1. The third-order valence-electron chi connectivity index (χ3n) is 3.84. The first-order valence-corrected chi connectivity index (χ1v) is 7.04. The van der Waals surface area contributed by atoms with Gasteiger partial charge in [0.1, 0.15) is 0 Å². The molecule has 0 aromatic heterocycles. The van der Waals surface area contributed by atoms with Gasteiger partial charge in [0.15, 0.2) is 0 Å². The minimum atomic E-state index is 0.854. The Hall–Kier alpha value is -1.96. The maximum atomic E-state index is 6.13. The molecule has 0 saturated carbocycles. The third kappa shape index (κ3) is 2.58. The minimum Gasteiger partial charge on any atom is -0.398 e. The van der Waals surface area contributed by atoms with Crippen molar-refractivity contribution in [2.45, 2.75) is 19.3 Å². The van der Waals surface area contributed by atoms with Crippen molar-refractivity contribution in [3.63, 3.8) is 0 Å². The van der Waals surface area contributed by atoms with Gasteiger partial charge in [-0.2, -0.15) is 0 Å². The summed E-state index contributed by atoms with van der Waals surface area (Å²) in [5.74, 6) is 0. The van der Waals surface area contributed by atoms with Crippen LogP contribution >= 0.6 is 0 Å². The van der Waals surface area contributed by atoms with E-state index in [4.69, 9.17) is 5.73 Å². The second kappa shape index (κ2) is 5.35. The van der Waals surface area contributed by atoms with Gasteiger partial charge in [0.2, 0.25) is 0 Å². The van der Waals surface area contributed by atoms with Gasteiger partial charge in [-0.25, -0.2) is 0 Å². The van der Waals surface area contributed by atoms with E-state index in [1.807, 2.05) is 12.1 Å². The third-order valence-corrected chi connectivity index (χ3v) is 3.84. The van der Waals surface area contributed by atoms with Crippen LogP contribution in [0.5, 0.6) is 0 Å². The monoisotopic (exact) mass is 252 g/mol. The van der Waals surface area contributed by atoms with Gasteiger partial charge in [-0.05, 0) is 43.0 Å². The molecular weight excluding hydrogens is 232 g/mol. The van der Waals surface area contributed by atoms with E-state index in [0.717, 1.165) is 24.3 Å². The molecule has 2 aromatic carbocycles. The molecule has 0 unspecified atom stereocenters. The number of nitrogen functional groups attached to an aromatic ring is 1. The van der Waals surface area contributed by atoms with Gasteiger partial charge in [-0.3, -0.25) is 0 Å². The highest BCUT2D eigenvalue weighted by Gasteiger charge is 2.12. The van der Waals surface area contributed by atoms with Crippen molar-refractivity contribution in [1.29, 1.82) is 0 Å². The van der Waals surface area contributed by atoms with E-state index >= 15 is 0 Å². The molecule has 1 aliphatic rings. The lowest BCUT2D eigenvalue weighted by atomic mass is 10.0. The molecule has 2 nitrogen and oxygen atoms in total. The topological polar surface area (TPSA) is 29.3 Å². The van der Waals surface area contributed by atoms with Gasteiger partial charge < -0.3 is 10.6 Å². The van der Waals surface area contributed by atoms with Crippen molar-refractivity contribution in [2.75, 3.05) is 23.7 Å². The molecule has 1 fully saturated rings. The quantitative estimate of drug-likeness (QED) is 0.821. The molecule has 0 aliphatic carbocycles. The van der Waals surface area contributed by atoms with Gasteiger partial charge in [0.05, 0.1) is 0 Å². The molecule has 0 atom stereocenters. The Bertz CT molecular complexity index is 542. The molecule has 2 aromatic rings. The lowest BCUT2D eigenvalue weighted by Gasteiger charge is -2.29. The van der Waals surface area contributed by atoms with Crippen LogP contribution in [0, 0.1) is 0 Å². The maximum Gasteiger partial charge on any atom is 0.0395 e. The van der Waals surface area contributed by atoms with Gasteiger partial charge in [-0.1, -0.05) is 30.3 Å². The second-order valence-corrected chi connectivity index (χ2v) is 5.19. The lowest BCUT2D eigenvalue weighted by Crippen LogP contribution is -2.29. The summed E-state index contributed by atoms with van der Waals surface area (Å²) in [7, 11) is 0. The fraction of sp³-hybridized carbons (Fsp3) is 0.294. The smallest absolute Gasteiger partial charge is 0.0395 e. The normalized spacial score (nSPS) is 15.5. The first-order chi connectivity index (χ1) is 9.34. The zero-order chi connectivity index (χ0) is 13.1. The molecule has 19 heavy (non-hydrogen) atoms. The molecule has 1 saturated heterocycles. The number of nitrogens with two attached hydrogens (primary N) is 1. The molecule has 1 aliphatic heterocycles. The predicted molar refractivity (Wildman–Crippen MR) is 82.4 cm³/mol. The second-order valence-electron chi connectivity index (χ2n) is 5.19. The van der Waals surface area contributed by atoms with Crippen LogP contribution in [-0.4, -0.2) is 13.1 Å². The zero-order valence-corrected chi connectivity index (χ0v) is 11.2. The van der Waals surface area contributed by atoms with Crippen molar-refractivity contribution in [1.82, 2.24) is 0 Å². The minimum absolute atomic E-state index is 0.854. The number of hydrogen-bond donors (Lipinski definition) is 1. The Kier molecular flexibility index (Phi) is 3.41. The van der Waals surface area contributed by atoms with Gasteiger partial charge >= 0.3 is 0 Å². The Morgan fingerprint density at radius 2 is 1.58 bits per heavy atom. The lowest BCUT2D eigenvalue weighted by molar-refractivity contribution is 0.578. The Morgan fingerprint density at radius 3 is 2.32 bits per heavy atom. The predicted octanol–water partition coefficient (Wildman–Crippen LogP) is 3.93. The molecule has 0 spiro atoms. The fourth-order valence-electron chi connectivity index (χ4n) is 2.76. The zero-order valence-electron chi connectivity index (χ0n) is 11.2. The maximum absolute atomic E-state index is 6.13. The molecule has 3 rings (SSSR count). The standard InChI is InChI=1S/C17H20N2/c18-17-10-9-15(19-11-5-2-6-12-19)13-16(17)14-7-3-1-4-8-14/h1,3-4,7-10,13H,2,5-6,11-12,18H2. The number of anilines is 2. The molecule has 0 bridgehead atoms. The fourth-order valence-corrected chi connectivity index (χ4v) is 2.76. The van der Waals surface area contributed by atoms with Crippen LogP contribution < -0.4 is 10.6 Å². The van der Waals surface area contributed by atoms with E-state index in [1.54, 1.807) is 0 Å². The van der Waals surface area contributed by atoms with E-state index in [0.29, 0.717) is 0 Å². The largest absolute Gasteiger partial charge is 0.398 e. The van der Waals surface area contributed by atoms with E-state index in [1.165, 1.54) is 30.5 Å². The molecule has 1 heterocycles. The summed E-state index contributed by atoms with van der Waals surface area (Å²) in [4.78, 5) is 2.47. The van der Waals surface area contributed by atoms with Crippen molar-refractivity contribution >= 4 is 11.4 Å². The summed E-state index contributed by atoms with van der Waals surface area (Å²) >= 11 is 0. The molecule has 0 amide bonds. The molecule has 0 radical (unpaired) electrons. The average molecular weight is 252 g/mol. The first-order valence-electron chi connectivity index (χ1n) is 7.04. The number of benzene rings is 2. The number of rotatable bonds is 2. The van der Waals surface area contributed by atoms with Crippen LogP contribution in [0.3, 0.4) is 0 Å². The summed E-state index contributed by atoms with van der Waals surface area (Å²) in [6.45, 7) is 2.33. The van der Waals surface area contributed by atoms with Crippen LogP contribution in [0.2, 0.25) is 0 Å². The number of piperidine rings is 1. The highest BCUT2D eigenvalue weighted by atomic mass is 15.1. The van der Waals surface area contributed by atoms with Crippen LogP contribution in [0.4, 0.5) is 11.4 Å². The van der Waals surface area contributed by atoms with Gasteiger partial charge in [0.25, 0.3) is 0 Å². The van der Waals surface area contributed by atoms with Crippen molar-refractivity contribution < 1.29 is 0 Å². The van der Waals surface area contributed by atoms with E-state index in [-0.39, 0.29) is 0 Å². The van der Waals surface area contributed by atoms with Crippen LogP contribution in [-0.2, 0) is 0 Å². The molecule has 2 heteroatoms. The summed E-state index contributed by atoms with van der Waals surface area (Å²) in [6, 6.07) is 16.8. The van der Waals surface area contributed by atoms with Crippen molar-refractivity contribution in [3.05, 3.63) is 48.5 Å². The van der Waals surface area contributed by atoms with E-state index in [9.17, 15) is 0 Å². The Balaban J connectivity index is 1.96. The van der Waals surface area contributed by atoms with E-state index < -0.39 is 0 Å². The summed E-state index contributed by atoms with van der Waals surface area (Å²) in [6.07, 6.45) is 3.95. The Morgan fingerprint density at radius 1 is 0.842 bits per heavy atom. The van der Waals surface area contributed by atoms with Crippen LogP contribution in [0.1, 0.15) is 19.3 Å². The van der Waals surface area contributed by atoms with Crippen molar-refractivity contribution in [2.24, 2.45) is 0 Å². The summed E-state index contributed by atoms with van der Waals surface area (Å²) in [5, 5.41) is 0. The summed E-state index contributed by atoms with van der Waals surface area (Å²) in [5.41, 5.74) is 10.6. The van der Waals surface area contributed by atoms with Gasteiger partial charge in [-0.15, -0.1) is 0 Å². The highest BCUT2D eigenvalue weighted by Crippen LogP contribution is 2.31. The van der Waals surface area contributed by atoms with Crippen LogP contribution in [0.25, 0.3) is 11.1 Å².